The number of benzene rings is 1. The van der Waals surface area contributed by atoms with Crippen molar-refractivity contribution < 1.29 is 23.4 Å². The normalized spacial score (nSPS) is 20.2. The molecule has 3 rings (SSSR count). The van der Waals surface area contributed by atoms with Gasteiger partial charge in [0, 0.05) is 6.42 Å². The maximum Gasteiger partial charge on any atom is 0.338 e. The predicted molar refractivity (Wildman–Crippen MR) is 82.5 cm³/mol. The second-order valence-electron chi connectivity index (χ2n) is 5.29. The molecule has 8 nitrogen and oxygen atoms in total. The van der Waals surface area contributed by atoms with Gasteiger partial charge in [-0.1, -0.05) is 18.2 Å². The molecule has 25 heavy (non-hydrogen) atoms. The number of carbonyl (C=O) groups excluding carboxylic acids is 1. The standard InChI is InChI=1S/C16H15FN2O6/c17-11-8-19(16(22)18-14(11)20)12-6-7-23-13(25-12)9-24-15(21)10-4-2-1-3-5-10/h1-5,8,12-13H,6-7,9H2,(H,18,20,22)/t12-,13-/m1/s1. The highest BCUT2D eigenvalue weighted by atomic mass is 19.1. The van der Waals surface area contributed by atoms with Crippen LogP contribution in [-0.4, -0.2) is 35.0 Å². The van der Waals surface area contributed by atoms with E-state index < -0.39 is 35.6 Å². The molecule has 0 radical (unpaired) electrons. The SMILES string of the molecule is O=C(OC[C@@H]1OCC[C@H](n2cc(F)c(=O)[nH]c2=O)O1)c1ccccc1. The highest BCUT2D eigenvalue weighted by Gasteiger charge is 2.27. The Morgan fingerprint density at radius 3 is 2.84 bits per heavy atom. The van der Waals surface area contributed by atoms with Gasteiger partial charge in [-0.25, -0.2) is 9.59 Å². The third-order valence-electron chi connectivity index (χ3n) is 3.57. The van der Waals surface area contributed by atoms with Gasteiger partial charge >= 0.3 is 11.7 Å². The van der Waals surface area contributed by atoms with E-state index in [-0.39, 0.29) is 19.6 Å². The van der Waals surface area contributed by atoms with Crippen molar-refractivity contribution in [2.75, 3.05) is 13.2 Å². The quantitative estimate of drug-likeness (QED) is 0.819. The van der Waals surface area contributed by atoms with E-state index in [2.05, 4.69) is 0 Å². The zero-order valence-electron chi connectivity index (χ0n) is 13.0. The molecule has 132 valence electrons. The lowest BCUT2D eigenvalue weighted by atomic mass is 10.2. The number of hydrogen-bond donors (Lipinski definition) is 1. The van der Waals surface area contributed by atoms with Gasteiger partial charge in [-0.05, 0) is 12.1 Å². The zero-order valence-corrected chi connectivity index (χ0v) is 13.0. The van der Waals surface area contributed by atoms with Gasteiger partial charge in [-0.2, -0.15) is 4.39 Å². The van der Waals surface area contributed by atoms with Crippen molar-refractivity contribution in [3.05, 3.63) is 68.7 Å². The Morgan fingerprint density at radius 2 is 2.08 bits per heavy atom. The molecule has 0 unspecified atom stereocenters. The Balaban J connectivity index is 1.64. The Bertz CT molecular complexity index is 863. The number of hydrogen-bond acceptors (Lipinski definition) is 6. The van der Waals surface area contributed by atoms with Crippen molar-refractivity contribution in [2.24, 2.45) is 0 Å². The molecule has 0 saturated carbocycles. The fourth-order valence-electron chi connectivity index (χ4n) is 2.35. The minimum Gasteiger partial charge on any atom is -0.457 e. The molecule has 2 aromatic rings. The van der Waals surface area contributed by atoms with Crippen LogP contribution in [0.25, 0.3) is 0 Å². The summed E-state index contributed by atoms with van der Waals surface area (Å²) in [6, 6.07) is 8.40. The lowest BCUT2D eigenvalue weighted by molar-refractivity contribution is -0.246. The second-order valence-corrected chi connectivity index (χ2v) is 5.29. The first-order valence-electron chi connectivity index (χ1n) is 7.55. The number of halogens is 1. The molecule has 1 N–H and O–H groups in total. The van der Waals surface area contributed by atoms with E-state index in [1.165, 1.54) is 0 Å². The van der Waals surface area contributed by atoms with Crippen LogP contribution in [0, 0.1) is 5.82 Å². The van der Waals surface area contributed by atoms with Gasteiger partial charge < -0.3 is 14.2 Å². The summed E-state index contributed by atoms with van der Waals surface area (Å²) in [5.41, 5.74) is -1.51. The fourth-order valence-corrected chi connectivity index (χ4v) is 2.35. The first-order valence-corrected chi connectivity index (χ1v) is 7.55. The minimum atomic E-state index is -1.10. The van der Waals surface area contributed by atoms with E-state index in [0.717, 1.165) is 10.8 Å². The Hall–Kier alpha value is -2.78. The molecule has 0 aliphatic carbocycles. The van der Waals surface area contributed by atoms with E-state index in [0.29, 0.717) is 5.56 Å². The van der Waals surface area contributed by atoms with Crippen molar-refractivity contribution >= 4 is 5.97 Å². The molecule has 0 spiro atoms. The summed E-state index contributed by atoms with van der Waals surface area (Å²) >= 11 is 0. The van der Waals surface area contributed by atoms with Crippen LogP contribution < -0.4 is 11.2 Å². The number of nitrogens with zero attached hydrogens (tertiary/aromatic N) is 1. The summed E-state index contributed by atoms with van der Waals surface area (Å²) < 4.78 is 30.3. The zero-order chi connectivity index (χ0) is 17.8. The van der Waals surface area contributed by atoms with E-state index in [1.54, 1.807) is 30.3 Å². The summed E-state index contributed by atoms with van der Waals surface area (Å²) in [4.78, 5) is 36.6. The van der Waals surface area contributed by atoms with Crippen LogP contribution in [0.4, 0.5) is 4.39 Å². The average molecular weight is 350 g/mol. The molecule has 9 heteroatoms. The first-order chi connectivity index (χ1) is 12.0. The van der Waals surface area contributed by atoms with Crippen LogP contribution in [0.15, 0.2) is 46.1 Å². The molecule has 1 aliphatic rings. The molecule has 2 heterocycles. The van der Waals surface area contributed by atoms with Crippen LogP contribution in [0.5, 0.6) is 0 Å². The lowest BCUT2D eigenvalue weighted by Crippen LogP contribution is -2.40. The summed E-state index contributed by atoms with van der Waals surface area (Å²) in [5.74, 6) is -1.64. The van der Waals surface area contributed by atoms with Gasteiger partial charge in [-0.3, -0.25) is 14.3 Å². The van der Waals surface area contributed by atoms with Gasteiger partial charge in [-0.15, -0.1) is 0 Å². The van der Waals surface area contributed by atoms with Gasteiger partial charge in [0.25, 0.3) is 5.56 Å². The summed E-state index contributed by atoms with van der Waals surface area (Å²) in [5, 5.41) is 0. The highest BCUT2D eigenvalue weighted by molar-refractivity contribution is 5.89. The number of ether oxygens (including phenoxy) is 3. The lowest BCUT2D eigenvalue weighted by Gasteiger charge is -2.30. The van der Waals surface area contributed by atoms with E-state index in [9.17, 15) is 18.8 Å². The summed E-state index contributed by atoms with van der Waals surface area (Å²) in [7, 11) is 0. The Kier molecular flexibility index (Phi) is 5.05. The van der Waals surface area contributed by atoms with Crippen molar-refractivity contribution in [2.45, 2.75) is 18.9 Å². The van der Waals surface area contributed by atoms with Crippen LogP contribution in [-0.2, 0) is 14.2 Å². The molecule has 1 aromatic heterocycles. The van der Waals surface area contributed by atoms with E-state index in [1.807, 2.05) is 4.98 Å². The van der Waals surface area contributed by atoms with Crippen LogP contribution in [0.2, 0.25) is 0 Å². The van der Waals surface area contributed by atoms with Gasteiger partial charge in [0.1, 0.15) is 12.8 Å². The van der Waals surface area contributed by atoms with E-state index >= 15 is 0 Å². The third kappa shape index (κ3) is 4.01. The maximum absolute atomic E-state index is 13.4. The van der Waals surface area contributed by atoms with Gasteiger partial charge in [0.15, 0.2) is 6.29 Å². The van der Waals surface area contributed by atoms with Gasteiger partial charge in [0.05, 0.1) is 18.4 Å². The van der Waals surface area contributed by atoms with Crippen molar-refractivity contribution in [3.63, 3.8) is 0 Å². The number of esters is 1. The molecule has 1 aromatic carbocycles. The number of H-pyrrole nitrogens is 1. The highest BCUT2D eigenvalue weighted by Crippen LogP contribution is 2.20. The topological polar surface area (TPSA) is 99.6 Å². The Labute approximate surface area is 140 Å². The fraction of sp³-hybridized carbons (Fsp3) is 0.312. The van der Waals surface area contributed by atoms with Crippen molar-refractivity contribution in [1.29, 1.82) is 0 Å². The monoisotopic (exact) mass is 350 g/mol. The molecule has 0 amide bonds. The molecule has 1 saturated heterocycles. The van der Waals surface area contributed by atoms with Crippen LogP contribution in [0.1, 0.15) is 23.0 Å². The number of aromatic nitrogens is 2. The smallest absolute Gasteiger partial charge is 0.338 e. The number of aromatic amines is 1. The molecule has 1 fully saturated rings. The molecule has 2 atom stereocenters. The third-order valence-corrected chi connectivity index (χ3v) is 3.57. The number of rotatable bonds is 4. The van der Waals surface area contributed by atoms with Crippen molar-refractivity contribution in [1.82, 2.24) is 9.55 Å². The molecular weight excluding hydrogens is 335 g/mol. The number of carbonyl (C=O) groups is 1. The minimum absolute atomic E-state index is 0.190. The average Bonchev–Trinajstić information content (AvgIpc) is 2.63. The number of nitrogens with one attached hydrogen (secondary N) is 1. The first kappa shape index (κ1) is 17.1. The maximum atomic E-state index is 13.4. The summed E-state index contributed by atoms with van der Waals surface area (Å²) in [6.45, 7) is 0.0240. The largest absolute Gasteiger partial charge is 0.457 e. The van der Waals surface area contributed by atoms with E-state index in [4.69, 9.17) is 14.2 Å². The molecular formula is C16H15FN2O6. The van der Waals surface area contributed by atoms with Gasteiger partial charge in [0.2, 0.25) is 5.82 Å². The summed E-state index contributed by atoms with van der Waals surface area (Å²) in [6.07, 6.45) is -0.694. The Morgan fingerprint density at radius 1 is 1.32 bits per heavy atom. The van der Waals surface area contributed by atoms with Crippen LogP contribution in [0.3, 0.4) is 0 Å². The molecule has 1 aliphatic heterocycles. The van der Waals surface area contributed by atoms with Crippen LogP contribution >= 0.6 is 0 Å². The molecule has 0 bridgehead atoms. The predicted octanol–water partition coefficient (Wildman–Crippen LogP) is 0.794. The van der Waals surface area contributed by atoms with Crippen molar-refractivity contribution in [3.8, 4) is 0 Å². The second kappa shape index (κ2) is 7.41.